The smallest absolute Gasteiger partial charge is 0.265 e. The Balaban J connectivity index is 1.48. The summed E-state index contributed by atoms with van der Waals surface area (Å²) in [6.07, 6.45) is 2.55. The minimum absolute atomic E-state index is 0.0173. The summed E-state index contributed by atoms with van der Waals surface area (Å²) in [5.74, 6) is 0.376. The summed E-state index contributed by atoms with van der Waals surface area (Å²) in [4.78, 5) is 29.4. The molecule has 2 heterocycles. The number of carbonyl (C=O) groups is 2. The molecule has 0 spiro atoms. The van der Waals surface area contributed by atoms with Gasteiger partial charge in [0.25, 0.3) is 5.91 Å². The summed E-state index contributed by atoms with van der Waals surface area (Å²) in [5, 5.41) is 11.9. The molecule has 1 fully saturated rings. The van der Waals surface area contributed by atoms with Crippen LogP contribution in [0.3, 0.4) is 0 Å². The van der Waals surface area contributed by atoms with Gasteiger partial charge in [0.15, 0.2) is 6.10 Å². The van der Waals surface area contributed by atoms with Gasteiger partial charge in [-0.2, -0.15) is 5.26 Å². The number of benzene rings is 2. The van der Waals surface area contributed by atoms with E-state index in [0.717, 1.165) is 38.0 Å². The zero-order chi connectivity index (χ0) is 20.9. The van der Waals surface area contributed by atoms with Gasteiger partial charge in [0.2, 0.25) is 5.91 Å². The van der Waals surface area contributed by atoms with Crippen molar-refractivity contribution < 1.29 is 14.3 Å². The molecule has 7 nitrogen and oxygen atoms in total. The molecule has 1 saturated heterocycles. The number of para-hydroxylation sites is 2. The van der Waals surface area contributed by atoms with Crippen LogP contribution in [0.4, 0.5) is 11.4 Å². The molecule has 0 unspecified atom stereocenters. The minimum atomic E-state index is -0.632. The number of likely N-dealkylation sites (tertiary alicyclic amines) is 1. The van der Waals surface area contributed by atoms with Crippen LogP contribution in [0, 0.1) is 11.3 Å². The summed E-state index contributed by atoms with van der Waals surface area (Å²) in [7, 11) is 0. The van der Waals surface area contributed by atoms with Gasteiger partial charge in [-0.3, -0.25) is 9.59 Å². The fourth-order valence-corrected chi connectivity index (χ4v) is 3.94. The first kappa shape index (κ1) is 19.8. The lowest BCUT2D eigenvalue weighted by atomic mass is 10.1. The number of anilines is 2. The molecule has 2 amide bonds. The number of carbonyl (C=O) groups excluding carboxylic acids is 2. The molecule has 30 heavy (non-hydrogen) atoms. The maximum absolute atomic E-state index is 13.0. The summed E-state index contributed by atoms with van der Waals surface area (Å²) in [5.41, 5.74) is 1.85. The number of nitrogens with zero attached hydrogens (tertiary/aromatic N) is 3. The van der Waals surface area contributed by atoms with Crippen LogP contribution in [-0.4, -0.2) is 49.0 Å². The van der Waals surface area contributed by atoms with Crippen molar-refractivity contribution in [1.82, 2.24) is 4.90 Å². The van der Waals surface area contributed by atoms with E-state index in [4.69, 9.17) is 10.00 Å². The van der Waals surface area contributed by atoms with Crippen LogP contribution in [0.15, 0.2) is 48.5 Å². The Hall–Kier alpha value is -3.53. The zero-order valence-corrected chi connectivity index (χ0v) is 16.7. The van der Waals surface area contributed by atoms with Gasteiger partial charge in [-0.25, -0.2) is 0 Å². The van der Waals surface area contributed by atoms with Crippen molar-refractivity contribution in [2.75, 3.05) is 36.4 Å². The SMILES string of the molecule is N#Cc1cccc(NC(=O)CN2C[C@@H](C(=O)N3CCCCC3)Oc3ccccc32)c1. The Kier molecular flexibility index (Phi) is 5.84. The average Bonchev–Trinajstić information content (AvgIpc) is 2.79. The molecule has 2 aliphatic rings. The van der Waals surface area contributed by atoms with Gasteiger partial charge in [-0.1, -0.05) is 18.2 Å². The molecule has 1 atom stereocenters. The summed E-state index contributed by atoms with van der Waals surface area (Å²) in [6, 6.07) is 16.3. The maximum Gasteiger partial charge on any atom is 0.265 e. The van der Waals surface area contributed by atoms with Gasteiger partial charge in [0.1, 0.15) is 5.75 Å². The third-order valence-corrected chi connectivity index (χ3v) is 5.41. The van der Waals surface area contributed by atoms with Gasteiger partial charge in [0.05, 0.1) is 30.4 Å². The van der Waals surface area contributed by atoms with Crippen molar-refractivity contribution >= 4 is 23.2 Å². The summed E-state index contributed by atoms with van der Waals surface area (Å²) in [6.45, 7) is 1.92. The van der Waals surface area contributed by atoms with Crippen molar-refractivity contribution in [3.63, 3.8) is 0 Å². The highest BCUT2D eigenvalue weighted by Gasteiger charge is 2.34. The minimum Gasteiger partial charge on any atom is -0.477 e. The first-order valence-electron chi connectivity index (χ1n) is 10.2. The lowest BCUT2D eigenvalue weighted by Gasteiger charge is -2.38. The highest BCUT2D eigenvalue weighted by Crippen LogP contribution is 2.33. The van der Waals surface area contributed by atoms with E-state index in [0.29, 0.717) is 23.5 Å². The highest BCUT2D eigenvalue weighted by molar-refractivity contribution is 5.95. The highest BCUT2D eigenvalue weighted by atomic mass is 16.5. The molecule has 0 saturated carbocycles. The second-order valence-corrected chi connectivity index (χ2v) is 7.58. The van der Waals surface area contributed by atoms with E-state index in [2.05, 4.69) is 11.4 Å². The molecule has 4 rings (SSSR count). The quantitative estimate of drug-likeness (QED) is 0.847. The van der Waals surface area contributed by atoms with Gasteiger partial charge >= 0.3 is 0 Å². The van der Waals surface area contributed by atoms with Gasteiger partial charge < -0.3 is 19.9 Å². The Morgan fingerprint density at radius 3 is 2.70 bits per heavy atom. The van der Waals surface area contributed by atoms with E-state index in [1.807, 2.05) is 34.1 Å². The van der Waals surface area contributed by atoms with E-state index < -0.39 is 6.10 Å². The number of fused-ring (bicyclic) bond motifs is 1. The predicted octanol–water partition coefficient (Wildman–Crippen LogP) is 2.78. The molecule has 7 heteroatoms. The van der Waals surface area contributed by atoms with Crippen molar-refractivity contribution in [3.05, 3.63) is 54.1 Å². The van der Waals surface area contributed by atoms with E-state index in [1.165, 1.54) is 0 Å². The summed E-state index contributed by atoms with van der Waals surface area (Å²) >= 11 is 0. The number of nitrogens with one attached hydrogen (secondary N) is 1. The number of nitriles is 1. The lowest BCUT2D eigenvalue weighted by molar-refractivity contribution is -0.139. The first-order chi connectivity index (χ1) is 14.6. The van der Waals surface area contributed by atoms with Crippen LogP contribution in [0.25, 0.3) is 0 Å². The van der Waals surface area contributed by atoms with Crippen molar-refractivity contribution in [3.8, 4) is 11.8 Å². The molecule has 2 aliphatic heterocycles. The van der Waals surface area contributed by atoms with Crippen LogP contribution in [0.5, 0.6) is 5.75 Å². The molecule has 2 aromatic rings. The largest absolute Gasteiger partial charge is 0.477 e. The van der Waals surface area contributed by atoms with Crippen LogP contribution in [0.2, 0.25) is 0 Å². The molecule has 2 aromatic carbocycles. The molecule has 0 bridgehead atoms. The Labute approximate surface area is 175 Å². The topological polar surface area (TPSA) is 85.7 Å². The number of piperidine rings is 1. The Morgan fingerprint density at radius 2 is 1.90 bits per heavy atom. The number of ether oxygens (including phenoxy) is 1. The van der Waals surface area contributed by atoms with Crippen molar-refractivity contribution in [1.29, 1.82) is 5.26 Å². The van der Waals surface area contributed by atoms with Gasteiger partial charge in [-0.15, -0.1) is 0 Å². The van der Waals surface area contributed by atoms with E-state index in [-0.39, 0.29) is 18.4 Å². The normalized spacial score (nSPS) is 18.0. The average molecular weight is 404 g/mol. The molecule has 0 aromatic heterocycles. The Morgan fingerprint density at radius 1 is 1.10 bits per heavy atom. The van der Waals surface area contributed by atoms with Gasteiger partial charge in [-0.05, 0) is 49.6 Å². The molecule has 154 valence electrons. The third-order valence-electron chi connectivity index (χ3n) is 5.41. The molecule has 0 radical (unpaired) electrons. The zero-order valence-electron chi connectivity index (χ0n) is 16.7. The van der Waals surface area contributed by atoms with Crippen LogP contribution in [-0.2, 0) is 9.59 Å². The van der Waals surface area contributed by atoms with Crippen LogP contribution in [0.1, 0.15) is 24.8 Å². The molecule has 1 N–H and O–H groups in total. The fourth-order valence-electron chi connectivity index (χ4n) is 3.94. The predicted molar refractivity (Wildman–Crippen MR) is 113 cm³/mol. The number of amides is 2. The lowest BCUT2D eigenvalue weighted by Crippen LogP contribution is -2.52. The summed E-state index contributed by atoms with van der Waals surface area (Å²) < 4.78 is 6.01. The standard InChI is InChI=1S/C23H24N4O3/c24-14-17-7-6-8-18(13-17)25-22(28)16-27-15-21(23(29)26-11-4-1-5-12-26)30-20-10-3-2-9-19(20)27/h2-3,6-10,13,21H,1,4-5,11-12,15-16H2,(H,25,28)/t21-/m0/s1. The van der Waals surface area contributed by atoms with Crippen LogP contribution >= 0.6 is 0 Å². The van der Waals surface area contributed by atoms with E-state index in [9.17, 15) is 9.59 Å². The fraction of sp³-hybridized carbons (Fsp3) is 0.348. The molecular formula is C23H24N4O3. The van der Waals surface area contributed by atoms with Crippen molar-refractivity contribution in [2.45, 2.75) is 25.4 Å². The van der Waals surface area contributed by atoms with Crippen molar-refractivity contribution in [2.24, 2.45) is 0 Å². The van der Waals surface area contributed by atoms with E-state index >= 15 is 0 Å². The maximum atomic E-state index is 13.0. The first-order valence-corrected chi connectivity index (χ1v) is 10.2. The second kappa shape index (κ2) is 8.87. The Bertz CT molecular complexity index is 978. The second-order valence-electron chi connectivity index (χ2n) is 7.58. The molecular weight excluding hydrogens is 380 g/mol. The molecule has 0 aliphatic carbocycles. The number of hydrogen-bond acceptors (Lipinski definition) is 5. The third kappa shape index (κ3) is 4.38. The number of rotatable bonds is 4. The monoisotopic (exact) mass is 404 g/mol. The number of hydrogen-bond donors (Lipinski definition) is 1. The van der Waals surface area contributed by atoms with E-state index in [1.54, 1.807) is 24.3 Å². The van der Waals surface area contributed by atoms with Gasteiger partial charge in [0, 0.05) is 18.8 Å². The van der Waals surface area contributed by atoms with Crippen LogP contribution < -0.4 is 15.0 Å².